The van der Waals surface area contributed by atoms with Crippen molar-refractivity contribution in [1.29, 1.82) is 0 Å². The Kier molecular flexibility index (Phi) is 2.32. The number of hydrogen-bond donors (Lipinski definition) is 1. The molecule has 1 nitrogen and oxygen atoms in total. The Morgan fingerprint density at radius 1 is 1.15 bits per heavy atom. The van der Waals surface area contributed by atoms with Gasteiger partial charge in [-0.1, -0.05) is 18.6 Å². The third-order valence-electron chi connectivity index (χ3n) is 2.78. The van der Waals surface area contributed by atoms with Crippen molar-refractivity contribution in [2.24, 2.45) is 0 Å². The molecule has 0 aromatic heterocycles. The molecule has 13 heavy (non-hydrogen) atoms. The van der Waals surface area contributed by atoms with Crippen LogP contribution in [0.2, 0.25) is 0 Å². The maximum atomic E-state index is 12.6. The van der Waals surface area contributed by atoms with Crippen LogP contribution >= 0.6 is 0 Å². The third kappa shape index (κ3) is 1.73. The van der Waals surface area contributed by atoms with Gasteiger partial charge in [0, 0.05) is 5.92 Å². The van der Waals surface area contributed by atoms with Crippen LogP contribution in [-0.4, -0.2) is 11.2 Å². The summed E-state index contributed by atoms with van der Waals surface area (Å²) in [6, 6.07) is 6.46. The maximum absolute atomic E-state index is 12.6. The highest BCUT2D eigenvalue weighted by molar-refractivity contribution is 5.22. The van der Waals surface area contributed by atoms with Gasteiger partial charge in [0.05, 0.1) is 6.10 Å². The van der Waals surface area contributed by atoms with E-state index in [-0.39, 0.29) is 17.8 Å². The Hall–Kier alpha value is -0.890. The Balaban J connectivity index is 2.20. The molecule has 0 heterocycles. The summed E-state index contributed by atoms with van der Waals surface area (Å²) in [7, 11) is 0. The minimum atomic E-state index is -0.231. The lowest BCUT2D eigenvalue weighted by molar-refractivity contribution is 0.164. The molecule has 0 radical (unpaired) electrons. The summed E-state index contributed by atoms with van der Waals surface area (Å²) < 4.78 is 12.6. The van der Waals surface area contributed by atoms with Gasteiger partial charge >= 0.3 is 0 Å². The van der Waals surface area contributed by atoms with Crippen molar-refractivity contribution in [1.82, 2.24) is 0 Å². The minimum Gasteiger partial charge on any atom is -0.392 e. The van der Waals surface area contributed by atoms with Crippen LogP contribution in [0.4, 0.5) is 4.39 Å². The Morgan fingerprint density at radius 2 is 1.85 bits per heavy atom. The Labute approximate surface area is 77.2 Å². The summed E-state index contributed by atoms with van der Waals surface area (Å²) in [5.74, 6) is 0.0110. The summed E-state index contributed by atoms with van der Waals surface area (Å²) in [5.41, 5.74) is 1.06. The molecule has 1 N–H and O–H groups in total. The van der Waals surface area contributed by atoms with Crippen LogP contribution in [0, 0.1) is 5.82 Å². The number of rotatable bonds is 1. The molecule has 0 spiro atoms. The molecule has 70 valence electrons. The van der Waals surface area contributed by atoms with Crippen molar-refractivity contribution in [3.8, 4) is 0 Å². The van der Waals surface area contributed by atoms with Gasteiger partial charge in [0.1, 0.15) is 5.82 Å². The van der Waals surface area contributed by atoms with Gasteiger partial charge in [-0.15, -0.1) is 0 Å². The largest absolute Gasteiger partial charge is 0.392 e. The highest BCUT2D eigenvalue weighted by Crippen LogP contribution is 2.34. The van der Waals surface area contributed by atoms with Gasteiger partial charge < -0.3 is 5.11 Å². The van der Waals surface area contributed by atoms with Crippen LogP contribution in [0.15, 0.2) is 24.3 Å². The zero-order chi connectivity index (χ0) is 9.26. The van der Waals surface area contributed by atoms with Crippen molar-refractivity contribution in [2.75, 3.05) is 0 Å². The van der Waals surface area contributed by atoms with E-state index in [1.54, 1.807) is 12.1 Å². The lowest BCUT2D eigenvalue weighted by Crippen LogP contribution is -2.10. The lowest BCUT2D eigenvalue weighted by atomic mass is 9.96. The van der Waals surface area contributed by atoms with E-state index in [1.165, 1.54) is 12.1 Å². The van der Waals surface area contributed by atoms with Crippen LogP contribution in [0.25, 0.3) is 0 Å². The highest BCUT2D eigenvalue weighted by atomic mass is 19.1. The molecule has 0 amide bonds. The van der Waals surface area contributed by atoms with Gasteiger partial charge in [-0.05, 0) is 30.5 Å². The maximum Gasteiger partial charge on any atom is 0.123 e. The number of aliphatic hydroxyl groups excluding tert-OH is 1. The summed E-state index contributed by atoms with van der Waals surface area (Å²) in [5, 5.41) is 9.62. The standard InChI is InChI=1S/C11H13FO/c12-9-6-4-8(5-7-9)10-2-1-3-11(10)13/h4-7,10-11,13H,1-3H2/t10-,11+/m0/s1. The van der Waals surface area contributed by atoms with E-state index in [1.807, 2.05) is 0 Å². The van der Waals surface area contributed by atoms with E-state index in [0.29, 0.717) is 0 Å². The average Bonchev–Trinajstić information content (AvgIpc) is 2.53. The number of halogens is 1. The number of hydrogen-bond acceptors (Lipinski definition) is 1. The molecule has 0 bridgehead atoms. The quantitative estimate of drug-likeness (QED) is 0.703. The van der Waals surface area contributed by atoms with Crippen LogP contribution in [0.1, 0.15) is 30.7 Å². The molecule has 1 aromatic rings. The van der Waals surface area contributed by atoms with Crippen LogP contribution in [0.5, 0.6) is 0 Å². The molecule has 1 saturated carbocycles. The highest BCUT2D eigenvalue weighted by Gasteiger charge is 2.26. The predicted octanol–water partition coefficient (Wildman–Crippen LogP) is 2.45. The van der Waals surface area contributed by atoms with E-state index in [0.717, 1.165) is 24.8 Å². The molecule has 1 fully saturated rings. The van der Waals surface area contributed by atoms with E-state index < -0.39 is 0 Å². The first kappa shape index (κ1) is 8.70. The van der Waals surface area contributed by atoms with E-state index in [2.05, 4.69) is 0 Å². The first-order chi connectivity index (χ1) is 6.27. The third-order valence-corrected chi connectivity index (χ3v) is 2.78. The molecule has 2 rings (SSSR count). The molecular weight excluding hydrogens is 167 g/mol. The molecule has 0 unspecified atom stereocenters. The monoisotopic (exact) mass is 180 g/mol. The molecule has 2 atom stereocenters. The molecule has 1 aromatic carbocycles. The van der Waals surface area contributed by atoms with Gasteiger partial charge in [0.15, 0.2) is 0 Å². The van der Waals surface area contributed by atoms with Crippen molar-refractivity contribution in [3.63, 3.8) is 0 Å². The fraction of sp³-hybridized carbons (Fsp3) is 0.455. The first-order valence-electron chi connectivity index (χ1n) is 4.71. The normalized spacial score (nSPS) is 27.8. The Morgan fingerprint density at radius 3 is 2.38 bits per heavy atom. The molecule has 1 aliphatic rings. The summed E-state index contributed by atoms with van der Waals surface area (Å²) in [4.78, 5) is 0. The first-order valence-corrected chi connectivity index (χ1v) is 4.71. The molecular formula is C11H13FO. The topological polar surface area (TPSA) is 20.2 Å². The fourth-order valence-corrected chi connectivity index (χ4v) is 2.04. The molecule has 2 heteroatoms. The van der Waals surface area contributed by atoms with Crippen LogP contribution < -0.4 is 0 Å². The van der Waals surface area contributed by atoms with Crippen molar-refractivity contribution < 1.29 is 9.50 Å². The predicted molar refractivity (Wildman–Crippen MR) is 49.0 cm³/mol. The number of benzene rings is 1. The Bertz CT molecular complexity index is 281. The van der Waals surface area contributed by atoms with Gasteiger partial charge in [-0.25, -0.2) is 4.39 Å². The zero-order valence-corrected chi connectivity index (χ0v) is 7.41. The lowest BCUT2D eigenvalue weighted by Gasteiger charge is -2.14. The SMILES string of the molecule is O[C@@H]1CCC[C@H]1c1ccc(F)cc1. The van der Waals surface area contributed by atoms with Crippen molar-refractivity contribution in [2.45, 2.75) is 31.3 Å². The van der Waals surface area contributed by atoms with Gasteiger partial charge in [-0.2, -0.15) is 0 Å². The fourth-order valence-electron chi connectivity index (χ4n) is 2.04. The van der Waals surface area contributed by atoms with E-state index >= 15 is 0 Å². The van der Waals surface area contributed by atoms with Gasteiger partial charge in [-0.3, -0.25) is 0 Å². The zero-order valence-electron chi connectivity index (χ0n) is 7.41. The van der Waals surface area contributed by atoms with Crippen LogP contribution in [-0.2, 0) is 0 Å². The minimum absolute atomic E-state index is 0.212. The second kappa shape index (κ2) is 3.46. The van der Waals surface area contributed by atoms with E-state index in [4.69, 9.17) is 0 Å². The summed E-state index contributed by atoms with van der Waals surface area (Å²) >= 11 is 0. The second-order valence-electron chi connectivity index (χ2n) is 3.66. The molecule has 0 aliphatic heterocycles. The van der Waals surface area contributed by atoms with Gasteiger partial charge in [0.25, 0.3) is 0 Å². The summed E-state index contributed by atoms with van der Waals surface area (Å²) in [6.07, 6.45) is 2.74. The summed E-state index contributed by atoms with van der Waals surface area (Å²) in [6.45, 7) is 0. The second-order valence-corrected chi connectivity index (χ2v) is 3.66. The molecule has 0 saturated heterocycles. The molecule has 1 aliphatic carbocycles. The van der Waals surface area contributed by atoms with Gasteiger partial charge in [0.2, 0.25) is 0 Å². The average molecular weight is 180 g/mol. The van der Waals surface area contributed by atoms with Crippen LogP contribution in [0.3, 0.4) is 0 Å². The number of aliphatic hydroxyl groups is 1. The smallest absolute Gasteiger partial charge is 0.123 e. The van der Waals surface area contributed by atoms with Crippen molar-refractivity contribution >= 4 is 0 Å². The van der Waals surface area contributed by atoms with Crippen molar-refractivity contribution in [3.05, 3.63) is 35.6 Å². The van der Waals surface area contributed by atoms with E-state index in [9.17, 15) is 9.50 Å².